The van der Waals surface area contributed by atoms with Crippen molar-refractivity contribution in [1.82, 2.24) is 10.2 Å². The van der Waals surface area contributed by atoms with Crippen molar-refractivity contribution in [2.45, 2.75) is 26.3 Å². The van der Waals surface area contributed by atoms with E-state index in [0.29, 0.717) is 38.2 Å². The molecular formula is C25H31N3O5. The Balaban J connectivity index is 1.19. The van der Waals surface area contributed by atoms with Crippen molar-refractivity contribution in [2.75, 3.05) is 45.0 Å². The minimum Gasteiger partial charge on any atom is -0.495 e. The van der Waals surface area contributed by atoms with Crippen LogP contribution in [0.5, 0.6) is 17.2 Å². The minimum absolute atomic E-state index is 0.0264. The average molecular weight is 454 g/mol. The summed E-state index contributed by atoms with van der Waals surface area (Å²) in [5.41, 5.74) is 2.00. The van der Waals surface area contributed by atoms with E-state index >= 15 is 0 Å². The van der Waals surface area contributed by atoms with Gasteiger partial charge in [-0.15, -0.1) is 0 Å². The van der Waals surface area contributed by atoms with E-state index in [1.54, 1.807) is 7.11 Å². The number of carbonyl (C=O) groups excluding carboxylic acids is 2. The normalized spacial score (nSPS) is 15.8. The topological polar surface area (TPSA) is 80.3 Å². The molecule has 2 aliphatic rings. The van der Waals surface area contributed by atoms with E-state index in [4.69, 9.17) is 14.2 Å². The Morgan fingerprint density at radius 1 is 1.03 bits per heavy atom. The maximum Gasteiger partial charge on any atom is 0.231 e. The SMILES string of the molecule is COc1ccccc1N1CCN(C(=O)C[C@H](C)CC(=O)NCc2ccc3c(c2)OCO3)CC1. The quantitative estimate of drug-likeness (QED) is 0.662. The van der Waals surface area contributed by atoms with Gasteiger partial charge in [-0.2, -0.15) is 0 Å². The number of carbonyl (C=O) groups is 2. The number of ether oxygens (including phenoxy) is 3. The summed E-state index contributed by atoms with van der Waals surface area (Å²) in [4.78, 5) is 29.3. The zero-order chi connectivity index (χ0) is 23.2. The number of amides is 2. The van der Waals surface area contributed by atoms with Crippen LogP contribution in [-0.4, -0.2) is 56.8 Å². The lowest BCUT2D eigenvalue weighted by Gasteiger charge is -2.37. The molecule has 8 nitrogen and oxygen atoms in total. The van der Waals surface area contributed by atoms with Crippen molar-refractivity contribution < 1.29 is 23.8 Å². The highest BCUT2D eigenvalue weighted by Gasteiger charge is 2.24. The van der Waals surface area contributed by atoms with Crippen LogP contribution in [0, 0.1) is 5.92 Å². The molecule has 4 rings (SSSR count). The molecule has 1 atom stereocenters. The summed E-state index contributed by atoms with van der Waals surface area (Å²) in [7, 11) is 1.67. The number of hydrogen-bond acceptors (Lipinski definition) is 6. The lowest BCUT2D eigenvalue weighted by molar-refractivity contribution is -0.132. The Bertz CT molecular complexity index is 988. The van der Waals surface area contributed by atoms with Crippen LogP contribution in [0.2, 0.25) is 0 Å². The number of anilines is 1. The Labute approximate surface area is 194 Å². The molecular weight excluding hydrogens is 422 g/mol. The van der Waals surface area contributed by atoms with Crippen molar-refractivity contribution in [3.63, 3.8) is 0 Å². The van der Waals surface area contributed by atoms with Gasteiger partial charge in [-0.1, -0.05) is 25.1 Å². The second kappa shape index (κ2) is 10.5. The second-order valence-electron chi connectivity index (χ2n) is 8.52. The first-order valence-corrected chi connectivity index (χ1v) is 11.3. The Morgan fingerprint density at radius 3 is 2.58 bits per heavy atom. The molecule has 0 radical (unpaired) electrons. The Kier molecular flexibility index (Phi) is 7.22. The number of nitrogens with zero attached hydrogens (tertiary/aromatic N) is 2. The van der Waals surface area contributed by atoms with Crippen LogP contribution in [0.4, 0.5) is 5.69 Å². The standard InChI is InChI=1S/C25H31N3O5/c1-18(13-24(29)26-16-19-7-8-22-23(15-19)33-17-32-22)14-25(30)28-11-9-27(10-12-28)20-5-3-4-6-21(20)31-2/h3-8,15,18H,9-14,16-17H2,1-2H3,(H,26,29)/t18-/m1/s1. The van der Waals surface area contributed by atoms with Crippen molar-refractivity contribution in [3.05, 3.63) is 48.0 Å². The number of nitrogens with one attached hydrogen (secondary N) is 1. The highest BCUT2D eigenvalue weighted by atomic mass is 16.7. The predicted molar refractivity (Wildman–Crippen MR) is 125 cm³/mol. The maximum absolute atomic E-state index is 12.8. The molecule has 33 heavy (non-hydrogen) atoms. The number of rotatable bonds is 8. The number of piperazine rings is 1. The van der Waals surface area contributed by atoms with Crippen molar-refractivity contribution in [2.24, 2.45) is 5.92 Å². The number of methoxy groups -OCH3 is 1. The number of fused-ring (bicyclic) bond motifs is 1. The van der Waals surface area contributed by atoms with Gasteiger partial charge in [0.25, 0.3) is 0 Å². The maximum atomic E-state index is 12.8. The molecule has 0 aromatic heterocycles. The van der Waals surface area contributed by atoms with Gasteiger partial charge >= 0.3 is 0 Å². The van der Waals surface area contributed by atoms with Crippen LogP contribution in [0.3, 0.4) is 0 Å². The molecule has 2 aromatic carbocycles. The molecule has 0 saturated carbocycles. The van der Waals surface area contributed by atoms with Gasteiger partial charge in [0.2, 0.25) is 18.6 Å². The third-order valence-corrected chi connectivity index (χ3v) is 6.04. The fourth-order valence-electron chi connectivity index (χ4n) is 4.23. The first kappa shape index (κ1) is 22.8. The minimum atomic E-state index is -0.0611. The first-order valence-electron chi connectivity index (χ1n) is 11.3. The lowest BCUT2D eigenvalue weighted by atomic mass is 10.0. The molecule has 0 aliphatic carbocycles. The molecule has 2 heterocycles. The third-order valence-electron chi connectivity index (χ3n) is 6.04. The van der Waals surface area contributed by atoms with Crippen LogP contribution in [0.15, 0.2) is 42.5 Å². The Hall–Kier alpha value is -3.42. The summed E-state index contributed by atoms with van der Waals surface area (Å²) in [6.45, 7) is 5.45. The molecule has 2 aliphatic heterocycles. The van der Waals surface area contributed by atoms with Crippen LogP contribution < -0.4 is 24.4 Å². The van der Waals surface area contributed by atoms with Crippen LogP contribution in [0.1, 0.15) is 25.3 Å². The molecule has 1 fully saturated rings. The lowest BCUT2D eigenvalue weighted by Crippen LogP contribution is -2.49. The van der Waals surface area contributed by atoms with E-state index in [1.165, 1.54) is 0 Å². The molecule has 0 bridgehead atoms. The van der Waals surface area contributed by atoms with Crippen molar-refractivity contribution >= 4 is 17.5 Å². The first-order chi connectivity index (χ1) is 16.0. The summed E-state index contributed by atoms with van der Waals surface area (Å²) < 4.78 is 16.1. The van der Waals surface area contributed by atoms with Crippen LogP contribution >= 0.6 is 0 Å². The molecule has 0 spiro atoms. The smallest absolute Gasteiger partial charge is 0.231 e. The second-order valence-corrected chi connectivity index (χ2v) is 8.52. The van der Waals surface area contributed by atoms with E-state index in [2.05, 4.69) is 10.2 Å². The Morgan fingerprint density at radius 2 is 1.79 bits per heavy atom. The van der Waals surface area contributed by atoms with Gasteiger partial charge in [0, 0.05) is 45.6 Å². The van der Waals surface area contributed by atoms with Crippen LogP contribution in [0.25, 0.3) is 0 Å². The van der Waals surface area contributed by atoms with Crippen molar-refractivity contribution in [1.29, 1.82) is 0 Å². The fraction of sp³-hybridized carbons (Fsp3) is 0.440. The molecule has 2 aromatic rings. The third kappa shape index (κ3) is 5.69. The largest absolute Gasteiger partial charge is 0.495 e. The summed E-state index contributed by atoms with van der Waals surface area (Å²) >= 11 is 0. The number of para-hydroxylation sites is 2. The van der Waals surface area contributed by atoms with Gasteiger partial charge in [0.1, 0.15) is 5.75 Å². The highest BCUT2D eigenvalue weighted by Crippen LogP contribution is 2.32. The molecule has 0 unspecified atom stereocenters. The molecule has 1 N–H and O–H groups in total. The highest BCUT2D eigenvalue weighted by molar-refractivity contribution is 5.79. The van der Waals surface area contributed by atoms with Gasteiger partial charge in [0.15, 0.2) is 11.5 Å². The summed E-state index contributed by atoms with van der Waals surface area (Å²) in [6, 6.07) is 13.6. The zero-order valence-corrected chi connectivity index (χ0v) is 19.2. The van der Waals surface area contributed by atoms with E-state index in [-0.39, 0.29) is 24.5 Å². The summed E-state index contributed by atoms with van der Waals surface area (Å²) in [5.74, 6) is 2.28. The van der Waals surface area contributed by atoms with E-state index < -0.39 is 0 Å². The molecule has 8 heteroatoms. The van der Waals surface area contributed by atoms with Gasteiger partial charge in [-0.3, -0.25) is 9.59 Å². The number of hydrogen-bond donors (Lipinski definition) is 1. The molecule has 176 valence electrons. The molecule has 2 amide bonds. The predicted octanol–water partition coefficient (Wildman–Crippen LogP) is 2.81. The van der Waals surface area contributed by atoms with Crippen LogP contribution in [-0.2, 0) is 16.1 Å². The van der Waals surface area contributed by atoms with Gasteiger partial charge in [-0.25, -0.2) is 0 Å². The number of benzene rings is 2. The average Bonchev–Trinajstić information content (AvgIpc) is 3.30. The fourth-order valence-corrected chi connectivity index (χ4v) is 4.23. The summed E-state index contributed by atoms with van der Waals surface area (Å²) in [6.07, 6.45) is 0.684. The van der Waals surface area contributed by atoms with E-state index in [0.717, 1.165) is 35.8 Å². The van der Waals surface area contributed by atoms with Crippen molar-refractivity contribution in [3.8, 4) is 17.2 Å². The van der Waals surface area contributed by atoms with E-state index in [1.807, 2.05) is 54.3 Å². The summed E-state index contributed by atoms with van der Waals surface area (Å²) in [5, 5.41) is 2.93. The monoisotopic (exact) mass is 453 g/mol. The van der Waals surface area contributed by atoms with E-state index in [9.17, 15) is 9.59 Å². The zero-order valence-electron chi connectivity index (χ0n) is 19.2. The molecule has 1 saturated heterocycles. The van der Waals surface area contributed by atoms with Gasteiger partial charge in [-0.05, 0) is 35.7 Å². The van der Waals surface area contributed by atoms with Gasteiger partial charge in [0.05, 0.1) is 12.8 Å². The van der Waals surface area contributed by atoms with Gasteiger partial charge < -0.3 is 29.3 Å².